The van der Waals surface area contributed by atoms with Crippen molar-refractivity contribution in [1.29, 1.82) is 0 Å². The summed E-state index contributed by atoms with van der Waals surface area (Å²) in [5.41, 5.74) is 6.41. The first-order chi connectivity index (χ1) is 8.66. The van der Waals surface area contributed by atoms with Crippen LogP contribution in [-0.2, 0) is 6.54 Å². The monoisotopic (exact) mass is 245 g/mol. The van der Waals surface area contributed by atoms with Gasteiger partial charge in [-0.3, -0.25) is 9.78 Å². The molecule has 0 atom stereocenters. The number of hydrogen-bond donors (Lipinski definition) is 2. The molecule has 1 amide bonds. The Hall–Kier alpha value is -2.43. The van der Waals surface area contributed by atoms with Crippen molar-refractivity contribution in [3.05, 3.63) is 59.7 Å². The molecule has 3 N–H and O–H groups in total. The Labute approximate surface area is 104 Å². The van der Waals surface area contributed by atoms with Gasteiger partial charge >= 0.3 is 0 Å². The van der Waals surface area contributed by atoms with Crippen LogP contribution in [0.15, 0.2) is 42.6 Å². The molecule has 0 saturated heterocycles. The second-order valence-corrected chi connectivity index (χ2v) is 3.73. The van der Waals surface area contributed by atoms with E-state index in [1.54, 1.807) is 12.3 Å². The number of rotatable bonds is 4. The topological polar surface area (TPSA) is 68.0 Å². The van der Waals surface area contributed by atoms with E-state index in [2.05, 4.69) is 10.3 Å². The molecule has 0 aliphatic rings. The van der Waals surface area contributed by atoms with Gasteiger partial charge in [0, 0.05) is 11.8 Å². The second kappa shape index (κ2) is 5.27. The van der Waals surface area contributed by atoms with Gasteiger partial charge in [0.05, 0.1) is 17.9 Å². The van der Waals surface area contributed by atoms with Crippen molar-refractivity contribution < 1.29 is 9.18 Å². The molecule has 0 aliphatic carbocycles. The lowest BCUT2D eigenvalue weighted by molar-refractivity contribution is 0.100. The fourth-order valence-corrected chi connectivity index (χ4v) is 1.50. The van der Waals surface area contributed by atoms with Gasteiger partial charge in [-0.25, -0.2) is 4.39 Å². The number of carbonyl (C=O) groups is 1. The van der Waals surface area contributed by atoms with Crippen molar-refractivity contribution in [2.24, 2.45) is 5.73 Å². The fraction of sp³-hybridized carbons (Fsp3) is 0.0769. The summed E-state index contributed by atoms with van der Waals surface area (Å²) in [6.45, 7) is 0.375. The van der Waals surface area contributed by atoms with Gasteiger partial charge < -0.3 is 11.1 Å². The number of halogens is 1. The molecular formula is C13H12FN3O. The number of carbonyl (C=O) groups excluding carboxylic acids is 1. The first-order valence-corrected chi connectivity index (χ1v) is 5.40. The van der Waals surface area contributed by atoms with E-state index in [0.29, 0.717) is 6.54 Å². The number of pyridine rings is 1. The van der Waals surface area contributed by atoms with Gasteiger partial charge in [-0.1, -0.05) is 6.07 Å². The van der Waals surface area contributed by atoms with Gasteiger partial charge in [-0.2, -0.15) is 0 Å². The Kier molecular flexibility index (Phi) is 3.52. The van der Waals surface area contributed by atoms with Crippen LogP contribution in [0.2, 0.25) is 0 Å². The van der Waals surface area contributed by atoms with Crippen LogP contribution in [0.4, 0.5) is 10.1 Å². The summed E-state index contributed by atoms with van der Waals surface area (Å²) in [4.78, 5) is 15.1. The van der Waals surface area contributed by atoms with Crippen molar-refractivity contribution >= 4 is 11.6 Å². The highest BCUT2D eigenvalue weighted by molar-refractivity contribution is 5.93. The Morgan fingerprint density at radius 3 is 2.83 bits per heavy atom. The lowest BCUT2D eigenvalue weighted by atomic mass is 10.2. The van der Waals surface area contributed by atoms with Crippen molar-refractivity contribution in [3.63, 3.8) is 0 Å². The number of primary amides is 1. The fourth-order valence-electron chi connectivity index (χ4n) is 1.50. The number of nitrogens with one attached hydrogen (secondary N) is 1. The third-order valence-corrected chi connectivity index (χ3v) is 2.44. The minimum Gasteiger partial charge on any atom is -0.377 e. The van der Waals surface area contributed by atoms with Crippen LogP contribution < -0.4 is 11.1 Å². The maximum absolute atomic E-state index is 13.5. The van der Waals surface area contributed by atoms with Gasteiger partial charge in [0.2, 0.25) is 5.91 Å². The van der Waals surface area contributed by atoms with E-state index in [9.17, 15) is 9.18 Å². The van der Waals surface area contributed by atoms with Crippen LogP contribution in [0.5, 0.6) is 0 Å². The normalized spacial score (nSPS) is 10.1. The van der Waals surface area contributed by atoms with Gasteiger partial charge in [0.15, 0.2) is 0 Å². The average Bonchev–Trinajstić information content (AvgIpc) is 2.38. The van der Waals surface area contributed by atoms with Crippen LogP contribution in [0.25, 0.3) is 0 Å². The minimum atomic E-state index is -0.587. The van der Waals surface area contributed by atoms with Crippen LogP contribution in [0, 0.1) is 5.82 Å². The highest BCUT2D eigenvalue weighted by Gasteiger charge is 2.06. The predicted octanol–water partition coefficient (Wildman–Crippen LogP) is 1.93. The van der Waals surface area contributed by atoms with Crippen molar-refractivity contribution in [2.45, 2.75) is 6.54 Å². The molecule has 1 aromatic carbocycles. The molecule has 0 fully saturated rings. The van der Waals surface area contributed by atoms with Crippen molar-refractivity contribution in [3.8, 4) is 0 Å². The van der Waals surface area contributed by atoms with Crippen LogP contribution in [0.3, 0.4) is 0 Å². The molecule has 2 rings (SSSR count). The smallest absolute Gasteiger partial charge is 0.248 e. The number of nitrogens with two attached hydrogens (primary N) is 1. The highest BCUT2D eigenvalue weighted by atomic mass is 19.1. The molecule has 0 saturated carbocycles. The van der Waals surface area contributed by atoms with Gasteiger partial charge in [0.25, 0.3) is 0 Å². The zero-order valence-electron chi connectivity index (χ0n) is 9.56. The largest absolute Gasteiger partial charge is 0.377 e. The van der Waals surface area contributed by atoms with E-state index in [1.807, 2.05) is 12.1 Å². The SMILES string of the molecule is NC(=O)c1ccc(F)c(NCc2ccccn2)c1. The maximum Gasteiger partial charge on any atom is 0.248 e. The Balaban J connectivity index is 2.14. The van der Waals surface area contributed by atoms with Gasteiger partial charge in [0.1, 0.15) is 5.82 Å². The van der Waals surface area contributed by atoms with Crippen molar-refractivity contribution in [2.75, 3.05) is 5.32 Å². The van der Waals surface area contributed by atoms with E-state index in [4.69, 9.17) is 5.73 Å². The summed E-state index contributed by atoms with van der Waals surface area (Å²) in [6, 6.07) is 9.42. The first-order valence-electron chi connectivity index (χ1n) is 5.40. The third-order valence-electron chi connectivity index (χ3n) is 2.44. The second-order valence-electron chi connectivity index (χ2n) is 3.73. The molecule has 2 aromatic rings. The van der Waals surface area contributed by atoms with Gasteiger partial charge in [-0.15, -0.1) is 0 Å². The number of hydrogen-bond acceptors (Lipinski definition) is 3. The van der Waals surface area contributed by atoms with Crippen LogP contribution in [0.1, 0.15) is 16.1 Å². The summed E-state index contributed by atoms with van der Waals surface area (Å²) >= 11 is 0. The molecule has 0 radical (unpaired) electrons. The standard InChI is InChI=1S/C13H12FN3O/c14-11-5-4-9(13(15)18)7-12(11)17-8-10-3-1-2-6-16-10/h1-7,17H,8H2,(H2,15,18). The Bertz CT molecular complexity index is 557. The molecule has 1 aromatic heterocycles. The molecule has 0 aliphatic heterocycles. The number of anilines is 1. The molecule has 0 spiro atoms. The number of aromatic nitrogens is 1. The third kappa shape index (κ3) is 2.82. The molecule has 92 valence electrons. The molecule has 0 bridgehead atoms. The Morgan fingerprint density at radius 2 is 2.17 bits per heavy atom. The molecule has 18 heavy (non-hydrogen) atoms. The van der Waals surface area contributed by atoms with Gasteiger partial charge in [-0.05, 0) is 30.3 Å². The zero-order valence-corrected chi connectivity index (χ0v) is 9.56. The Morgan fingerprint density at radius 1 is 1.33 bits per heavy atom. The molecular weight excluding hydrogens is 233 g/mol. The van der Waals surface area contributed by atoms with E-state index < -0.39 is 11.7 Å². The summed E-state index contributed by atoms with van der Waals surface area (Å²) in [5.74, 6) is -1.02. The minimum absolute atomic E-state index is 0.233. The maximum atomic E-state index is 13.5. The zero-order chi connectivity index (χ0) is 13.0. The molecule has 4 nitrogen and oxygen atoms in total. The summed E-state index contributed by atoms with van der Waals surface area (Å²) < 4.78 is 13.5. The molecule has 1 heterocycles. The van der Waals surface area contributed by atoms with E-state index in [1.165, 1.54) is 18.2 Å². The summed E-state index contributed by atoms with van der Waals surface area (Å²) in [6.07, 6.45) is 1.66. The molecule has 0 unspecified atom stereocenters. The number of benzene rings is 1. The summed E-state index contributed by atoms with van der Waals surface area (Å²) in [5, 5.41) is 2.88. The summed E-state index contributed by atoms with van der Waals surface area (Å²) in [7, 11) is 0. The lowest BCUT2D eigenvalue weighted by Crippen LogP contribution is -2.12. The van der Waals surface area contributed by atoms with E-state index in [0.717, 1.165) is 5.69 Å². The first kappa shape index (κ1) is 12.0. The van der Waals surface area contributed by atoms with Crippen LogP contribution >= 0.6 is 0 Å². The quantitative estimate of drug-likeness (QED) is 0.864. The van der Waals surface area contributed by atoms with E-state index in [-0.39, 0.29) is 11.3 Å². The highest BCUT2D eigenvalue weighted by Crippen LogP contribution is 2.16. The van der Waals surface area contributed by atoms with Crippen molar-refractivity contribution in [1.82, 2.24) is 4.98 Å². The number of amides is 1. The average molecular weight is 245 g/mol. The lowest BCUT2D eigenvalue weighted by Gasteiger charge is -2.08. The predicted molar refractivity (Wildman–Crippen MR) is 66.5 cm³/mol. The van der Waals surface area contributed by atoms with E-state index >= 15 is 0 Å². The number of nitrogens with zero attached hydrogens (tertiary/aromatic N) is 1. The molecule has 5 heteroatoms. The van der Waals surface area contributed by atoms with Crippen LogP contribution in [-0.4, -0.2) is 10.9 Å².